The van der Waals surface area contributed by atoms with E-state index in [1.165, 1.54) is 0 Å². The number of hydrogen-bond donors (Lipinski definition) is 1. The molecule has 28 heavy (non-hydrogen) atoms. The molecule has 0 aliphatic carbocycles. The molecule has 0 radical (unpaired) electrons. The standard InChI is InChI=1S/C22H22ClNO4/c23-19-8-6-17(7-9-19)12-24(14-22-5-2-10-27-22)13-20(26)16-28-21-4-1-3-18(11-21)15-25/h1-11,15,20,26H,12-14,16H2. The van der Waals surface area contributed by atoms with Crippen LogP contribution >= 0.6 is 11.6 Å². The first-order chi connectivity index (χ1) is 13.6. The van der Waals surface area contributed by atoms with E-state index in [1.54, 1.807) is 30.5 Å². The zero-order valence-electron chi connectivity index (χ0n) is 15.3. The Bertz CT molecular complexity index is 865. The minimum atomic E-state index is -0.706. The number of furan rings is 1. The average molecular weight is 400 g/mol. The molecule has 2 aromatic carbocycles. The molecule has 0 amide bonds. The maximum Gasteiger partial charge on any atom is 0.150 e. The summed E-state index contributed by atoms with van der Waals surface area (Å²) in [6.07, 6.45) is 1.69. The Hall–Kier alpha value is -2.60. The van der Waals surface area contributed by atoms with E-state index >= 15 is 0 Å². The van der Waals surface area contributed by atoms with E-state index < -0.39 is 6.10 Å². The average Bonchev–Trinajstić information content (AvgIpc) is 3.21. The van der Waals surface area contributed by atoms with Crippen molar-refractivity contribution < 1.29 is 19.1 Å². The molecular weight excluding hydrogens is 378 g/mol. The highest BCUT2D eigenvalue weighted by Gasteiger charge is 2.15. The lowest BCUT2D eigenvalue weighted by Crippen LogP contribution is -2.35. The molecule has 1 heterocycles. The Morgan fingerprint density at radius 1 is 1.11 bits per heavy atom. The lowest BCUT2D eigenvalue weighted by molar-refractivity contribution is 0.0604. The topological polar surface area (TPSA) is 62.9 Å². The molecule has 1 aromatic heterocycles. The molecule has 0 aliphatic rings. The first-order valence-corrected chi connectivity index (χ1v) is 9.35. The molecular formula is C22H22ClNO4. The number of benzene rings is 2. The van der Waals surface area contributed by atoms with Crippen molar-refractivity contribution in [2.75, 3.05) is 13.2 Å². The quantitative estimate of drug-likeness (QED) is 0.518. The van der Waals surface area contributed by atoms with Gasteiger partial charge >= 0.3 is 0 Å². The molecule has 1 atom stereocenters. The maximum atomic E-state index is 10.9. The molecule has 146 valence electrons. The monoisotopic (exact) mass is 399 g/mol. The lowest BCUT2D eigenvalue weighted by Gasteiger charge is -2.24. The van der Waals surface area contributed by atoms with E-state index in [0.717, 1.165) is 17.6 Å². The van der Waals surface area contributed by atoms with E-state index in [9.17, 15) is 9.90 Å². The molecule has 0 aliphatic heterocycles. The van der Waals surface area contributed by atoms with Crippen LogP contribution in [0.3, 0.4) is 0 Å². The zero-order valence-corrected chi connectivity index (χ0v) is 16.1. The first kappa shape index (κ1) is 20.1. The summed E-state index contributed by atoms with van der Waals surface area (Å²) < 4.78 is 11.1. The largest absolute Gasteiger partial charge is 0.491 e. The Morgan fingerprint density at radius 2 is 1.93 bits per heavy atom. The van der Waals surface area contributed by atoms with Gasteiger partial charge in [0.05, 0.1) is 12.8 Å². The molecule has 1 N–H and O–H groups in total. The van der Waals surface area contributed by atoms with Gasteiger partial charge in [0.15, 0.2) is 0 Å². The van der Waals surface area contributed by atoms with E-state index in [0.29, 0.717) is 36.0 Å². The number of aliphatic hydroxyl groups is 1. The van der Waals surface area contributed by atoms with E-state index in [1.807, 2.05) is 36.4 Å². The Morgan fingerprint density at radius 3 is 2.64 bits per heavy atom. The molecule has 5 nitrogen and oxygen atoms in total. The molecule has 1 unspecified atom stereocenters. The summed E-state index contributed by atoms with van der Waals surface area (Å²) in [4.78, 5) is 12.9. The molecule has 6 heteroatoms. The summed E-state index contributed by atoms with van der Waals surface area (Å²) in [5.41, 5.74) is 1.62. The summed E-state index contributed by atoms with van der Waals surface area (Å²) in [6, 6.07) is 18.2. The van der Waals surface area contributed by atoms with Crippen molar-refractivity contribution in [1.82, 2.24) is 4.90 Å². The van der Waals surface area contributed by atoms with Crippen molar-refractivity contribution in [1.29, 1.82) is 0 Å². The SMILES string of the molecule is O=Cc1cccc(OCC(O)CN(Cc2ccc(Cl)cc2)Cc2ccco2)c1. The Labute approximate surface area is 169 Å². The summed E-state index contributed by atoms with van der Waals surface area (Å²) in [6.45, 7) is 1.72. The molecule has 0 bridgehead atoms. The van der Waals surface area contributed by atoms with Crippen LogP contribution in [-0.4, -0.2) is 35.5 Å². The predicted molar refractivity (Wildman–Crippen MR) is 108 cm³/mol. The normalized spacial score (nSPS) is 12.1. The smallest absolute Gasteiger partial charge is 0.150 e. The fraction of sp³-hybridized carbons (Fsp3) is 0.227. The summed E-state index contributed by atoms with van der Waals surface area (Å²) in [7, 11) is 0. The van der Waals surface area contributed by atoms with Gasteiger partial charge in [-0.25, -0.2) is 0 Å². The Balaban J connectivity index is 1.60. The maximum absolute atomic E-state index is 10.9. The van der Waals surface area contributed by atoms with Crippen molar-refractivity contribution in [3.63, 3.8) is 0 Å². The fourth-order valence-electron chi connectivity index (χ4n) is 2.88. The third-order valence-corrected chi connectivity index (χ3v) is 4.44. The van der Waals surface area contributed by atoms with Crippen molar-refractivity contribution in [3.8, 4) is 5.75 Å². The highest BCUT2D eigenvalue weighted by molar-refractivity contribution is 6.30. The van der Waals surface area contributed by atoms with Crippen molar-refractivity contribution in [2.24, 2.45) is 0 Å². The van der Waals surface area contributed by atoms with Crippen molar-refractivity contribution in [2.45, 2.75) is 19.2 Å². The number of hydrogen-bond acceptors (Lipinski definition) is 5. The molecule has 0 saturated heterocycles. The number of halogens is 1. The van der Waals surface area contributed by atoms with Crippen LogP contribution in [0.2, 0.25) is 5.02 Å². The van der Waals surface area contributed by atoms with Gasteiger partial charge in [-0.05, 0) is 42.0 Å². The van der Waals surface area contributed by atoms with E-state index in [-0.39, 0.29) is 6.61 Å². The minimum Gasteiger partial charge on any atom is -0.491 e. The molecule has 3 rings (SSSR count). The van der Waals surface area contributed by atoms with Crippen LogP contribution in [0.25, 0.3) is 0 Å². The van der Waals surface area contributed by atoms with Gasteiger partial charge in [-0.2, -0.15) is 0 Å². The van der Waals surface area contributed by atoms with Crippen LogP contribution in [0.15, 0.2) is 71.3 Å². The second-order valence-corrected chi connectivity index (χ2v) is 6.97. The number of rotatable bonds is 10. The van der Waals surface area contributed by atoms with Gasteiger partial charge in [0, 0.05) is 23.7 Å². The van der Waals surface area contributed by atoms with Gasteiger partial charge in [-0.3, -0.25) is 9.69 Å². The van der Waals surface area contributed by atoms with Crippen molar-refractivity contribution in [3.05, 3.63) is 88.8 Å². The number of aldehydes is 1. The van der Waals surface area contributed by atoms with Gasteiger partial charge < -0.3 is 14.3 Å². The number of ether oxygens (including phenoxy) is 1. The van der Waals surface area contributed by atoms with Crippen LogP contribution in [0, 0.1) is 0 Å². The fourth-order valence-corrected chi connectivity index (χ4v) is 3.00. The van der Waals surface area contributed by atoms with Crippen LogP contribution in [0.5, 0.6) is 5.75 Å². The number of carbonyl (C=O) groups excluding carboxylic acids is 1. The molecule has 3 aromatic rings. The Kier molecular flexibility index (Phi) is 7.25. The first-order valence-electron chi connectivity index (χ1n) is 8.97. The van der Waals surface area contributed by atoms with Crippen LogP contribution in [0.1, 0.15) is 21.7 Å². The van der Waals surface area contributed by atoms with Crippen LogP contribution in [-0.2, 0) is 13.1 Å². The summed E-state index contributed by atoms with van der Waals surface area (Å²) in [5, 5.41) is 11.2. The highest BCUT2D eigenvalue weighted by atomic mass is 35.5. The van der Waals surface area contributed by atoms with Gasteiger partial charge in [-0.15, -0.1) is 0 Å². The summed E-state index contributed by atoms with van der Waals surface area (Å²) in [5.74, 6) is 1.37. The third-order valence-electron chi connectivity index (χ3n) is 4.18. The second-order valence-electron chi connectivity index (χ2n) is 6.53. The highest BCUT2D eigenvalue weighted by Crippen LogP contribution is 2.16. The van der Waals surface area contributed by atoms with E-state index in [2.05, 4.69) is 4.90 Å². The van der Waals surface area contributed by atoms with Gasteiger partial charge in [0.2, 0.25) is 0 Å². The zero-order chi connectivity index (χ0) is 19.8. The van der Waals surface area contributed by atoms with E-state index in [4.69, 9.17) is 20.8 Å². The van der Waals surface area contributed by atoms with Crippen LogP contribution < -0.4 is 4.74 Å². The predicted octanol–water partition coefficient (Wildman–Crippen LogP) is 4.19. The summed E-state index contributed by atoms with van der Waals surface area (Å²) >= 11 is 5.96. The third kappa shape index (κ3) is 6.23. The molecule has 0 fully saturated rings. The number of aliphatic hydroxyl groups excluding tert-OH is 1. The second kappa shape index (κ2) is 10.1. The minimum absolute atomic E-state index is 0.123. The van der Waals surface area contributed by atoms with Gasteiger partial charge in [-0.1, -0.05) is 35.9 Å². The molecule has 0 spiro atoms. The van der Waals surface area contributed by atoms with Crippen molar-refractivity contribution >= 4 is 17.9 Å². The number of nitrogens with zero attached hydrogens (tertiary/aromatic N) is 1. The van der Waals surface area contributed by atoms with Gasteiger partial charge in [0.1, 0.15) is 30.5 Å². The van der Waals surface area contributed by atoms with Gasteiger partial charge in [0.25, 0.3) is 0 Å². The molecule has 0 saturated carbocycles. The van der Waals surface area contributed by atoms with Crippen LogP contribution in [0.4, 0.5) is 0 Å². The lowest BCUT2D eigenvalue weighted by atomic mass is 10.2. The number of carbonyl (C=O) groups is 1.